The second-order valence-corrected chi connectivity index (χ2v) is 5.51. The van der Waals surface area contributed by atoms with Crippen LogP contribution >= 0.6 is 0 Å². The van der Waals surface area contributed by atoms with E-state index in [1.165, 1.54) is 0 Å². The predicted octanol–water partition coefficient (Wildman–Crippen LogP) is 3.52. The topological polar surface area (TPSA) is 54.0 Å². The summed E-state index contributed by atoms with van der Waals surface area (Å²) >= 11 is 0. The normalized spacial score (nSPS) is 12.8. The van der Waals surface area contributed by atoms with Gasteiger partial charge in [-0.2, -0.15) is 0 Å². The van der Waals surface area contributed by atoms with Gasteiger partial charge in [0.05, 0.1) is 28.4 Å². The third kappa shape index (κ3) is 2.46. The van der Waals surface area contributed by atoms with Gasteiger partial charge in [0.15, 0.2) is 17.3 Å². The van der Waals surface area contributed by atoms with Gasteiger partial charge < -0.3 is 18.9 Å². The summed E-state index contributed by atoms with van der Waals surface area (Å²) in [5.74, 6) is 2.44. The Labute approximate surface area is 141 Å². The Kier molecular flexibility index (Phi) is 4.34. The number of Topliss-reactive ketones (excluding diaryl/α,β-unsaturated/α-hetero) is 1. The fourth-order valence-electron chi connectivity index (χ4n) is 3.18. The summed E-state index contributed by atoms with van der Waals surface area (Å²) in [6, 6.07) is 7.44. The first-order valence-electron chi connectivity index (χ1n) is 7.68. The molecule has 0 saturated carbocycles. The van der Waals surface area contributed by atoms with Gasteiger partial charge in [-0.05, 0) is 41.8 Å². The number of carbonyl (C=O) groups excluding carboxylic acids is 1. The van der Waals surface area contributed by atoms with Crippen molar-refractivity contribution in [3.8, 4) is 34.1 Å². The second kappa shape index (κ2) is 6.43. The van der Waals surface area contributed by atoms with E-state index in [0.717, 1.165) is 16.7 Å². The number of hydrogen-bond acceptors (Lipinski definition) is 5. The lowest BCUT2D eigenvalue weighted by molar-refractivity contribution is 0.0984. The minimum absolute atomic E-state index is 0.0834. The zero-order chi connectivity index (χ0) is 17.3. The van der Waals surface area contributed by atoms with Crippen LogP contribution in [0.3, 0.4) is 0 Å². The van der Waals surface area contributed by atoms with Crippen LogP contribution in [0.5, 0.6) is 23.0 Å². The van der Waals surface area contributed by atoms with Gasteiger partial charge in [-0.25, -0.2) is 0 Å². The average Bonchev–Trinajstić information content (AvgIpc) is 2.76. The molecule has 2 aromatic carbocycles. The highest BCUT2D eigenvalue weighted by Crippen LogP contribution is 2.49. The highest BCUT2D eigenvalue weighted by molar-refractivity contribution is 6.05. The number of benzene rings is 2. The van der Waals surface area contributed by atoms with E-state index in [-0.39, 0.29) is 5.78 Å². The third-order valence-electron chi connectivity index (χ3n) is 4.33. The minimum Gasteiger partial charge on any atom is -0.497 e. The zero-order valence-corrected chi connectivity index (χ0v) is 14.3. The maximum absolute atomic E-state index is 12.6. The van der Waals surface area contributed by atoms with Crippen LogP contribution in [0.4, 0.5) is 0 Å². The second-order valence-electron chi connectivity index (χ2n) is 5.51. The molecule has 0 aliphatic heterocycles. The summed E-state index contributed by atoms with van der Waals surface area (Å²) in [4.78, 5) is 12.6. The molecular formula is C19H20O5. The smallest absolute Gasteiger partial charge is 0.203 e. The van der Waals surface area contributed by atoms with Crippen molar-refractivity contribution >= 4 is 5.78 Å². The molecule has 0 unspecified atom stereocenters. The molecule has 1 aliphatic rings. The van der Waals surface area contributed by atoms with E-state index in [9.17, 15) is 4.79 Å². The summed E-state index contributed by atoms with van der Waals surface area (Å²) in [7, 11) is 6.34. The number of rotatable bonds is 4. The Balaban J connectivity index is 2.36. The number of aryl methyl sites for hydroxylation is 1. The Morgan fingerprint density at radius 3 is 2.17 bits per heavy atom. The van der Waals surface area contributed by atoms with Crippen molar-refractivity contribution in [2.75, 3.05) is 28.4 Å². The van der Waals surface area contributed by atoms with Crippen LogP contribution in [0.15, 0.2) is 24.3 Å². The molecule has 2 aromatic rings. The molecule has 0 spiro atoms. The van der Waals surface area contributed by atoms with Gasteiger partial charge >= 0.3 is 0 Å². The molecule has 1 aliphatic carbocycles. The number of fused-ring (bicyclic) bond motifs is 3. The largest absolute Gasteiger partial charge is 0.497 e. The zero-order valence-electron chi connectivity index (χ0n) is 14.3. The van der Waals surface area contributed by atoms with Crippen molar-refractivity contribution in [2.24, 2.45) is 0 Å². The van der Waals surface area contributed by atoms with Crippen LogP contribution in [0, 0.1) is 0 Å². The van der Waals surface area contributed by atoms with E-state index in [1.54, 1.807) is 34.5 Å². The maximum atomic E-state index is 12.6. The highest BCUT2D eigenvalue weighted by Gasteiger charge is 2.28. The third-order valence-corrected chi connectivity index (χ3v) is 4.33. The number of hydrogen-bond donors (Lipinski definition) is 0. The molecule has 0 amide bonds. The Morgan fingerprint density at radius 2 is 1.54 bits per heavy atom. The molecule has 0 heterocycles. The fourth-order valence-corrected chi connectivity index (χ4v) is 3.18. The van der Waals surface area contributed by atoms with Crippen molar-refractivity contribution in [2.45, 2.75) is 12.8 Å². The summed E-state index contributed by atoms with van der Waals surface area (Å²) in [5, 5.41) is 0. The van der Waals surface area contributed by atoms with Crippen LogP contribution < -0.4 is 18.9 Å². The van der Waals surface area contributed by atoms with Crippen LogP contribution in [0.25, 0.3) is 11.1 Å². The summed E-state index contributed by atoms with van der Waals surface area (Å²) < 4.78 is 21.8. The first kappa shape index (κ1) is 16.2. The molecular weight excluding hydrogens is 308 g/mol. The van der Waals surface area contributed by atoms with Gasteiger partial charge in [-0.15, -0.1) is 0 Å². The van der Waals surface area contributed by atoms with E-state index in [4.69, 9.17) is 18.9 Å². The molecule has 0 fully saturated rings. The van der Waals surface area contributed by atoms with Gasteiger partial charge in [0.2, 0.25) is 5.75 Å². The molecule has 0 bridgehead atoms. The molecule has 0 aromatic heterocycles. The van der Waals surface area contributed by atoms with Crippen molar-refractivity contribution in [3.05, 3.63) is 35.4 Å². The lowest BCUT2D eigenvalue weighted by Gasteiger charge is -2.19. The number of carbonyl (C=O) groups is 1. The first-order chi connectivity index (χ1) is 11.6. The van der Waals surface area contributed by atoms with Crippen molar-refractivity contribution < 1.29 is 23.7 Å². The van der Waals surface area contributed by atoms with Crippen molar-refractivity contribution in [1.82, 2.24) is 0 Å². The predicted molar refractivity (Wildman–Crippen MR) is 90.7 cm³/mol. The van der Waals surface area contributed by atoms with Crippen LogP contribution in [0.2, 0.25) is 0 Å². The molecule has 0 saturated heterocycles. The molecule has 5 nitrogen and oxygen atoms in total. The van der Waals surface area contributed by atoms with Crippen LogP contribution in [-0.2, 0) is 6.42 Å². The molecule has 0 atom stereocenters. The Morgan fingerprint density at radius 1 is 0.792 bits per heavy atom. The van der Waals surface area contributed by atoms with Gasteiger partial charge in [0.25, 0.3) is 0 Å². The van der Waals surface area contributed by atoms with Gasteiger partial charge in [-0.3, -0.25) is 4.79 Å². The standard InChI is InChI=1S/C19H20O5/c1-21-12-6-7-13-14(10-12)15(20)8-5-11-9-16(22-2)18(23-3)19(24-4)17(11)13/h6-7,9-10H,5,8H2,1-4H3. The van der Waals surface area contributed by atoms with Crippen molar-refractivity contribution in [3.63, 3.8) is 0 Å². The maximum Gasteiger partial charge on any atom is 0.203 e. The van der Waals surface area contributed by atoms with Crippen molar-refractivity contribution in [1.29, 1.82) is 0 Å². The van der Waals surface area contributed by atoms with Crippen LogP contribution in [-0.4, -0.2) is 34.2 Å². The fraction of sp³-hybridized carbons (Fsp3) is 0.316. The van der Waals surface area contributed by atoms with Crippen LogP contribution in [0.1, 0.15) is 22.3 Å². The van der Waals surface area contributed by atoms with E-state index in [0.29, 0.717) is 41.4 Å². The lowest BCUT2D eigenvalue weighted by atomic mass is 9.94. The molecule has 0 N–H and O–H groups in total. The summed E-state index contributed by atoms with van der Waals surface area (Å²) in [6.45, 7) is 0. The van der Waals surface area contributed by atoms with E-state index >= 15 is 0 Å². The lowest BCUT2D eigenvalue weighted by Crippen LogP contribution is -2.01. The summed E-state index contributed by atoms with van der Waals surface area (Å²) in [5.41, 5.74) is 3.34. The molecule has 24 heavy (non-hydrogen) atoms. The highest BCUT2D eigenvalue weighted by atomic mass is 16.5. The van der Waals surface area contributed by atoms with Gasteiger partial charge in [0.1, 0.15) is 5.75 Å². The molecule has 126 valence electrons. The molecule has 0 radical (unpaired) electrons. The molecule has 5 heteroatoms. The SMILES string of the molecule is COc1ccc2c(c1)C(=O)CCc1cc(OC)c(OC)c(OC)c1-2. The van der Waals surface area contributed by atoms with E-state index in [2.05, 4.69) is 0 Å². The van der Waals surface area contributed by atoms with Gasteiger partial charge in [0, 0.05) is 17.5 Å². The van der Waals surface area contributed by atoms with E-state index in [1.807, 2.05) is 18.2 Å². The number of ketones is 1. The van der Waals surface area contributed by atoms with E-state index < -0.39 is 0 Å². The van der Waals surface area contributed by atoms with Gasteiger partial charge in [-0.1, -0.05) is 0 Å². The minimum atomic E-state index is 0.0834. The number of ether oxygens (including phenoxy) is 4. The Bertz CT molecular complexity index is 795. The summed E-state index contributed by atoms with van der Waals surface area (Å²) in [6.07, 6.45) is 1.04. The monoisotopic (exact) mass is 328 g/mol. The Hall–Kier alpha value is -2.69. The average molecular weight is 328 g/mol. The quantitative estimate of drug-likeness (QED) is 0.859. The number of methoxy groups -OCH3 is 4. The molecule has 3 rings (SSSR count). The first-order valence-corrected chi connectivity index (χ1v) is 7.68.